The third-order valence-electron chi connectivity index (χ3n) is 4.32. The average Bonchev–Trinajstić information content (AvgIpc) is 2.97. The summed E-state index contributed by atoms with van der Waals surface area (Å²) in [4.78, 5) is 1.58. The van der Waals surface area contributed by atoms with Gasteiger partial charge in [0, 0.05) is 21.9 Å². The summed E-state index contributed by atoms with van der Waals surface area (Å²) in [6.45, 7) is 3.27. The third kappa shape index (κ3) is 3.33. The maximum absolute atomic E-state index is 6.22. The first-order valence-electron chi connectivity index (χ1n) is 7.84. The molecule has 21 heavy (non-hydrogen) atoms. The smallest absolute Gasteiger partial charge is 0.0409 e. The molecule has 0 spiro atoms. The van der Waals surface area contributed by atoms with Crippen molar-refractivity contribution in [1.29, 1.82) is 0 Å². The average molecular weight is 320 g/mol. The molecule has 2 atom stereocenters. The fourth-order valence-corrected chi connectivity index (χ4v) is 4.56. The van der Waals surface area contributed by atoms with E-state index >= 15 is 0 Å². The molecule has 1 aromatic heterocycles. The Morgan fingerprint density at radius 1 is 1.38 bits per heavy atom. The first-order valence-corrected chi connectivity index (χ1v) is 9.10. The molecule has 1 aromatic carbocycles. The van der Waals surface area contributed by atoms with Gasteiger partial charge in [0.05, 0.1) is 0 Å². The van der Waals surface area contributed by atoms with E-state index in [2.05, 4.69) is 41.9 Å². The highest BCUT2D eigenvalue weighted by Crippen LogP contribution is 2.42. The van der Waals surface area contributed by atoms with Crippen molar-refractivity contribution in [3.8, 4) is 0 Å². The lowest BCUT2D eigenvalue weighted by atomic mass is 9.80. The summed E-state index contributed by atoms with van der Waals surface area (Å²) >= 11 is 8.13. The lowest BCUT2D eigenvalue weighted by Crippen LogP contribution is -2.29. The van der Waals surface area contributed by atoms with Gasteiger partial charge >= 0.3 is 0 Å². The van der Waals surface area contributed by atoms with Gasteiger partial charge in [-0.3, -0.25) is 0 Å². The van der Waals surface area contributed by atoms with Gasteiger partial charge in [0.15, 0.2) is 0 Å². The van der Waals surface area contributed by atoms with Crippen molar-refractivity contribution < 1.29 is 0 Å². The lowest BCUT2D eigenvalue weighted by molar-refractivity contribution is 0.404. The zero-order valence-corrected chi connectivity index (χ0v) is 14.0. The highest BCUT2D eigenvalue weighted by atomic mass is 35.5. The molecule has 1 N–H and O–H groups in total. The van der Waals surface area contributed by atoms with Crippen LogP contribution in [-0.2, 0) is 6.42 Å². The SMILES string of the molecule is CCCNC(c1cccc(Cl)c1)C1CCCc2sccc21. The molecule has 0 amide bonds. The van der Waals surface area contributed by atoms with Gasteiger partial charge in [0.25, 0.3) is 0 Å². The molecule has 3 rings (SSSR count). The van der Waals surface area contributed by atoms with Gasteiger partial charge in [0.1, 0.15) is 0 Å². The van der Waals surface area contributed by atoms with Gasteiger partial charge in [-0.1, -0.05) is 30.7 Å². The van der Waals surface area contributed by atoms with Crippen LogP contribution in [0.1, 0.15) is 54.1 Å². The van der Waals surface area contributed by atoms with Gasteiger partial charge in [-0.25, -0.2) is 0 Å². The van der Waals surface area contributed by atoms with E-state index in [1.807, 2.05) is 17.4 Å². The molecule has 2 unspecified atom stereocenters. The second-order valence-electron chi connectivity index (χ2n) is 5.78. The Kier molecular flexibility index (Phi) is 4.99. The van der Waals surface area contributed by atoms with Crippen LogP contribution in [-0.4, -0.2) is 6.54 Å². The molecule has 2 aromatic rings. The van der Waals surface area contributed by atoms with Crippen molar-refractivity contribution >= 4 is 22.9 Å². The van der Waals surface area contributed by atoms with E-state index in [1.54, 1.807) is 10.4 Å². The summed E-state index contributed by atoms with van der Waals surface area (Å²) in [5.41, 5.74) is 2.87. The molecule has 0 saturated heterocycles. The number of nitrogens with one attached hydrogen (secondary N) is 1. The Morgan fingerprint density at radius 3 is 3.10 bits per heavy atom. The van der Waals surface area contributed by atoms with E-state index in [-0.39, 0.29) is 0 Å². The molecule has 112 valence electrons. The van der Waals surface area contributed by atoms with Crippen molar-refractivity contribution in [2.24, 2.45) is 0 Å². The predicted octanol–water partition coefficient (Wildman–Crippen LogP) is 5.56. The van der Waals surface area contributed by atoms with Crippen LogP contribution in [0.3, 0.4) is 0 Å². The van der Waals surface area contributed by atoms with Crippen LogP contribution in [0.2, 0.25) is 5.02 Å². The van der Waals surface area contributed by atoms with E-state index in [1.165, 1.54) is 24.8 Å². The first-order chi connectivity index (χ1) is 10.3. The molecule has 3 heteroatoms. The largest absolute Gasteiger partial charge is 0.309 e. The van der Waals surface area contributed by atoms with E-state index in [0.29, 0.717) is 12.0 Å². The number of thiophene rings is 1. The summed E-state index contributed by atoms with van der Waals surface area (Å²) in [6, 6.07) is 11.1. The number of hydrogen-bond donors (Lipinski definition) is 1. The van der Waals surface area contributed by atoms with Gasteiger partial charge in [-0.15, -0.1) is 11.3 Å². The molecule has 0 fully saturated rings. The zero-order chi connectivity index (χ0) is 14.7. The van der Waals surface area contributed by atoms with Crippen LogP contribution in [0.25, 0.3) is 0 Å². The van der Waals surface area contributed by atoms with Gasteiger partial charge in [-0.05, 0) is 66.9 Å². The Balaban J connectivity index is 1.93. The maximum atomic E-state index is 6.22. The molecule has 0 aliphatic heterocycles. The summed E-state index contributed by atoms with van der Waals surface area (Å²) in [6.07, 6.45) is 4.96. The Hall–Kier alpha value is -0.830. The Labute approximate surface area is 136 Å². The van der Waals surface area contributed by atoms with Crippen molar-refractivity contribution in [3.63, 3.8) is 0 Å². The normalized spacial score (nSPS) is 19.2. The molecular weight excluding hydrogens is 298 g/mol. The van der Waals surface area contributed by atoms with E-state index in [9.17, 15) is 0 Å². The van der Waals surface area contributed by atoms with Crippen LogP contribution < -0.4 is 5.32 Å². The minimum absolute atomic E-state index is 0.372. The predicted molar refractivity (Wildman–Crippen MR) is 92.5 cm³/mol. The summed E-state index contributed by atoms with van der Waals surface area (Å²) in [7, 11) is 0. The fourth-order valence-electron chi connectivity index (χ4n) is 3.36. The van der Waals surface area contributed by atoms with E-state index in [0.717, 1.165) is 18.0 Å². The molecule has 0 saturated carbocycles. The molecular formula is C18H22ClNS. The van der Waals surface area contributed by atoms with Gasteiger partial charge in [-0.2, -0.15) is 0 Å². The summed E-state index contributed by atoms with van der Waals surface area (Å²) in [5, 5.41) is 6.84. The number of benzene rings is 1. The molecule has 0 radical (unpaired) electrons. The highest BCUT2D eigenvalue weighted by molar-refractivity contribution is 7.10. The van der Waals surface area contributed by atoms with E-state index in [4.69, 9.17) is 11.6 Å². The maximum Gasteiger partial charge on any atom is 0.0409 e. The van der Waals surface area contributed by atoms with Crippen molar-refractivity contribution in [3.05, 3.63) is 56.7 Å². The second kappa shape index (κ2) is 6.95. The summed E-state index contributed by atoms with van der Waals surface area (Å²) in [5.74, 6) is 0.574. The third-order valence-corrected chi connectivity index (χ3v) is 5.55. The standard InChI is InChI=1S/C18H22ClNS/c1-2-10-20-18(13-5-3-6-14(19)12-13)16-7-4-8-17-15(16)9-11-21-17/h3,5-6,9,11-12,16,18,20H,2,4,7-8,10H2,1H3. The van der Waals surface area contributed by atoms with Gasteiger partial charge in [0.2, 0.25) is 0 Å². The van der Waals surface area contributed by atoms with Crippen molar-refractivity contribution in [2.45, 2.75) is 44.6 Å². The van der Waals surface area contributed by atoms with E-state index < -0.39 is 0 Å². The summed E-state index contributed by atoms with van der Waals surface area (Å²) < 4.78 is 0. The second-order valence-corrected chi connectivity index (χ2v) is 7.22. The number of rotatable bonds is 5. The first kappa shape index (κ1) is 15.1. The lowest BCUT2D eigenvalue weighted by Gasteiger charge is -2.32. The number of fused-ring (bicyclic) bond motifs is 1. The fraction of sp³-hybridized carbons (Fsp3) is 0.444. The number of aryl methyl sites for hydroxylation is 1. The molecule has 0 bridgehead atoms. The quantitative estimate of drug-likeness (QED) is 0.760. The Bertz CT molecular complexity index is 592. The number of halogens is 1. The molecule has 1 heterocycles. The van der Waals surface area contributed by atoms with Crippen LogP contribution in [0.4, 0.5) is 0 Å². The van der Waals surface area contributed by atoms with Crippen molar-refractivity contribution in [1.82, 2.24) is 5.32 Å². The monoisotopic (exact) mass is 319 g/mol. The van der Waals surface area contributed by atoms with Crippen molar-refractivity contribution in [2.75, 3.05) is 6.54 Å². The van der Waals surface area contributed by atoms with Crippen LogP contribution >= 0.6 is 22.9 Å². The minimum Gasteiger partial charge on any atom is -0.309 e. The topological polar surface area (TPSA) is 12.0 Å². The minimum atomic E-state index is 0.372. The molecule has 1 aliphatic carbocycles. The van der Waals surface area contributed by atoms with Crippen LogP contribution in [0.15, 0.2) is 35.7 Å². The van der Waals surface area contributed by atoms with Crippen LogP contribution in [0, 0.1) is 0 Å². The highest BCUT2D eigenvalue weighted by Gasteiger charge is 2.29. The Morgan fingerprint density at radius 2 is 2.29 bits per heavy atom. The molecule has 1 nitrogen and oxygen atoms in total. The van der Waals surface area contributed by atoms with Gasteiger partial charge < -0.3 is 5.32 Å². The zero-order valence-electron chi connectivity index (χ0n) is 12.4. The molecule has 1 aliphatic rings. The van der Waals surface area contributed by atoms with Crippen LogP contribution in [0.5, 0.6) is 0 Å². The number of hydrogen-bond acceptors (Lipinski definition) is 2.